The van der Waals surface area contributed by atoms with Gasteiger partial charge in [-0.3, -0.25) is 14.5 Å². The van der Waals surface area contributed by atoms with Crippen LogP contribution in [0.4, 0.5) is 10.5 Å². The smallest absolute Gasteiger partial charge is 0.414 e. The van der Waals surface area contributed by atoms with Crippen LogP contribution in [0.2, 0.25) is 0 Å². The summed E-state index contributed by atoms with van der Waals surface area (Å²) >= 11 is 0. The van der Waals surface area contributed by atoms with Gasteiger partial charge in [0.05, 0.1) is 18.2 Å². The van der Waals surface area contributed by atoms with E-state index in [1.54, 1.807) is 15.9 Å². The topological polar surface area (TPSA) is 87.2 Å². The molecule has 35 heavy (non-hydrogen) atoms. The van der Waals surface area contributed by atoms with Gasteiger partial charge >= 0.3 is 12.1 Å². The van der Waals surface area contributed by atoms with Gasteiger partial charge in [-0.05, 0) is 61.1 Å². The number of ether oxygens (including phenoxy) is 1. The third-order valence-electron chi connectivity index (χ3n) is 7.21. The fourth-order valence-corrected chi connectivity index (χ4v) is 5.30. The van der Waals surface area contributed by atoms with Crippen molar-refractivity contribution in [3.8, 4) is 0 Å². The van der Waals surface area contributed by atoms with Gasteiger partial charge in [-0.25, -0.2) is 4.79 Å². The maximum Gasteiger partial charge on any atom is 0.414 e. The van der Waals surface area contributed by atoms with Gasteiger partial charge in [0.2, 0.25) is 5.91 Å². The molecule has 0 spiro atoms. The number of benzene rings is 2. The number of amides is 2. The van der Waals surface area contributed by atoms with Crippen molar-refractivity contribution in [1.82, 2.24) is 4.90 Å². The number of carboxylic acids is 1. The molecule has 0 aromatic heterocycles. The molecule has 7 heteroatoms. The second-order valence-corrected chi connectivity index (χ2v) is 9.21. The molecule has 7 nitrogen and oxygen atoms in total. The second kappa shape index (κ2) is 10.3. The summed E-state index contributed by atoms with van der Waals surface area (Å²) in [6.07, 6.45) is 2.88. The van der Waals surface area contributed by atoms with E-state index in [-0.39, 0.29) is 43.4 Å². The van der Waals surface area contributed by atoms with Crippen LogP contribution in [0.15, 0.2) is 49.0 Å². The highest BCUT2D eigenvalue weighted by Crippen LogP contribution is 2.52. The molecular formula is C28H32N2O5. The van der Waals surface area contributed by atoms with E-state index in [0.29, 0.717) is 6.54 Å². The van der Waals surface area contributed by atoms with Crippen molar-refractivity contribution in [3.63, 3.8) is 0 Å². The first-order chi connectivity index (χ1) is 16.8. The molecule has 2 aromatic carbocycles. The summed E-state index contributed by atoms with van der Waals surface area (Å²) in [7, 11) is 0. The van der Waals surface area contributed by atoms with Gasteiger partial charge in [0, 0.05) is 24.9 Å². The quantitative estimate of drug-likeness (QED) is 0.557. The lowest BCUT2D eigenvalue weighted by Crippen LogP contribution is -2.59. The molecule has 1 N–H and O–H groups in total. The van der Waals surface area contributed by atoms with Gasteiger partial charge in [-0.15, -0.1) is 0 Å². The molecule has 1 fully saturated rings. The molecule has 2 amide bonds. The normalized spacial score (nSPS) is 20.2. The van der Waals surface area contributed by atoms with Crippen LogP contribution in [0.5, 0.6) is 0 Å². The number of anilines is 1. The van der Waals surface area contributed by atoms with E-state index >= 15 is 0 Å². The fraction of sp³-hybridized carbons (Fsp3) is 0.393. The number of carbonyl (C=O) groups is 3. The lowest BCUT2D eigenvalue weighted by molar-refractivity contribution is -0.142. The first kappa shape index (κ1) is 24.5. The number of aryl methyl sites for hydroxylation is 1. The van der Waals surface area contributed by atoms with Crippen molar-refractivity contribution in [2.75, 3.05) is 11.4 Å². The molecule has 0 saturated heterocycles. The van der Waals surface area contributed by atoms with Crippen LogP contribution >= 0.6 is 0 Å². The lowest BCUT2D eigenvalue weighted by atomic mass is 9.68. The number of carboxylic acid groups (broad SMARTS) is 1. The van der Waals surface area contributed by atoms with Crippen LogP contribution in [0, 0.1) is 12.8 Å². The summed E-state index contributed by atoms with van der Waals surface area (Å²) in [4.78, 5) is 40.9. The number of carbonyl (C=O) groups excluding carboxylic acids is 2. The Bertz CT molecular complexity index is 1140. The zero-order valence-electron chi connectivity index (χ0n) is 20.3. The molecule has 1 saturated carbocycles. The van der Waals surface area contributed by atoms with Crippen molar-refractivity contribution < 1.29 is 24.2 Å². The van der Waals surface area contributed by atoms with Crippen LogP contribution in [0.3, 0.4) is 0 Å². The number of rotatable bonds is 8. The van der Waals surface area contributed by atoms with E-state index in [0.717, 1.165) is 40.8 Å². The van der Waals surface area contributed by atoms with Crippen molar-refractivity contribution in [2.24, 2.45) is 5.92 Å². The molecule has 1 aliphatic heterocycles. The number of hydrogen-bond donors (Lipinski definition) is 1. The average Bonchev–Trinajstić information content (AvgIpc) is 2.83. The summed E-state index contributed by atoms with van der Waals surface area (Å²) in [6, 6.07) is 13.3. The lowest BCUT2D eigenvalue weighted by Gasteiger charge is -2.54. The molecule has 4 rings (SSSR count). The SMILES string of the molecule is C=Cc1cc(COC(=O)N2c3ccccc3C(N(CC)C(=O)CCC(=O)O)C3CCC32)ccc1C. The molecule has 3 atom stereocenters. The second-order valence-electron chi connectivity index (χ2n) is 9.21. The van der Waals surface area contributed by atoms with Gasteiger partial charge in [0.25, 0.3) is 0 Å². The molecule has 1 heterocycles. The van der Waals surface area contributed by atoms with Crippen molar-refractivity contribution in [2.45, 2.75) is 58.2 Å². The maximum absolute atomic E-state index is 13.3. The summed E-state index contributed by atoms with van der Waals surface area (Å²) in [5.74, 6) is -1.07. The summed E-state index contributed by atoms with van der Waals surface area (Å²) in [5.41, 5.74) is 4.68. The zero-order valence-corrected chi connectivity index (χ0v) is 20.3. The monoisotopic (exact) mass is 476 g/mol. The van der Waals surface area contributed by atoms with Gasteiger partial charge in [0.15, 0.2) is 0 Å². The van der Waals surface area contributed by atoms with Crippen molar-refractivity contribution in [3.05, 3.63) is 71.3 Å². The highest BCUT2D eigenvalue weighted by Gasteiger charge is 2.51. The first-order valence-electron chi connectivity index (χ1n) is 12.1. The van der Waals surface area contributed by atoms with E-state index in [4.69, 9.17) is 9.84 Å². The Hall–Kier alpha value is -3.61. The van der Waals surface area contributed by atoms with Crippen molar-refractivity contribution in [1.29, 1.82) is 0 Å². The van der Waals surface area contributed by atoms with Gasteiger partial charge in [-0.1, -0.05) is 43.0 Å². The Labute approximate surface area is 206 Å². The largest absolute Gasteiger partial charge is 0.481 e. The molecule has 1 aliphatic carbocycles. The fourth-order valence-electron chi connectivity index (χ4n) is 5.30. The van der Waals surface area contributed by atoms with Crippen LogP contribution in [-0.2, 0) is 20.9 Å². The Morgan fingerprint density at radius 1 is 1.17 bits per heavy atom. The summed E-state index contributed by atoms with van der Waals surface area (Å²) in [6.45, 7) is 8.40. The average molecular weight is 477 g/mol. The van der Waals surface area contributed by atoms with E-state index in [2.05, 4.69) is 6.58 Å². The minimum atomic E-state index is -0.984. The Kier molecular flexibility index (Phi) is 7.24. The predicted octanol–water partition coefficient (Wildman–Crippen LogP) is 5.33. The van der Waals surface area contributed by atoms with Crippen LogP contribution < -0.4 is 4.90 Å². The highest BCUT2D eigenvalue weighted by molar-refractivity contribution is 5.91. The van der Waals surface area contributed by atoms with E-state index in [1.165, 1.54) is 0 Å². The van der Waals surface area contributed by atoms with E-state index < -0.39 is 12.1 Å². The Morgan fingerprint density at radius 3 is 2.60 bits per heavy atom. The maximum atomic E-state index is 13.3. The van der Waals surface area contributed by atoms with Crippen LogP contribution in [0.25, 0.3) is 6.08 Å². The predicted molar refractivity (Wildman–Crippen MR) is 134 cm³/mol. The minimum Gasteiger partial charge on any atom is -0.481 e. The third kappa shape index (κ3) is 4.81. The van der Waals surface area contributed by atoms with E-state index in [1.807, 2.05) is 56.3 Å². The molecule has 2 aromatic rings. The number of hydrogen-bond acceptors (Lipinski definition) is 4. The number of aliphatic carboxylic acids is 1. The van der Waals surface area contributed by atoms with Crippen LogP contribution in [-0.4, -0.2) is 40.6 Å². The summed E-state index contributed by atoms with van der Waals surface area (Å²) < 4.78 is 5.76. The van der Waals surface area contributed by atoms with Gasteiger partial charge < -0.3 is 14.7 Å². The molecule has 0 bridgehead atoms. The van der Waals surface area contributed by atoms with Gasteiger partial charge in [-0.2, -0.15) is 0 Å². The molecular weight excluding hydrogens is 444 g/mol. The van der Waals surface area contributed by atoms with Crippen molar-refractivity contribution >= 4 is 29.7 Å². The molecule has 0 radical (unpaired) electrons. The Morgan fingerprint density at radius 2 is 1.94 bits per heavy atom. The highest BCUT2D eigenvalue weighted by atomic mass is 16.6. The molecule has 3 unspecified atom stereocenters. The van der Waals surface area contributed by atoms with Gasteiger partial charge in [0.1, 0.15) is 6.61 Å². The number of fused-ring (bicyclic) bond motifs is 2. The number of nitrogens with zero attached hydrogens (tertiary/aromatic N) is 2. The standard InChI is InChI=1S/C28H32N2O5/c1-4-20-16-19(11-10-18(20)3)17-35-28(34)30-23-9-7-6-8-21(23)27(22-12-13-24(22)30)29(5-2)25(31)14-15-26(32)33/h4,6-11,16,22,24,27H,1,5,12-15,17H2,2-3H3,(H,32,33). The van der Waals surface area contributed by atoms with E-state index in [9.17, 15) is 14.4 Å². The molecule has 184 valence electrons. The molecule has 2 aliphatic rings. The summed E-state index contributed by atoms with van der Waals surface area (Å²) in [5, 5.41) is 9.03. The Balaban J connectivity index is 1.58. The third-order valence-corrected chi connectivity index (χ3v) is 7.21. The van der Waals surface area contributed by atoms with Crippen LogP contribution in [0.1, 0.15) is 60.9 Å². The number of para-hydroxylation sites is 1. The minimum absolute atomic E-state index is 0.0335. The zero-order chi connectivity index (χ0) is 25.1. The first-order valence-corrected chi connectivity index (χ1v) is 12.1.